The van der Waals surface area contributed by atoms with Gasteiger partial charge < -0.3 is 81.6 Å². The molecular formula is C104H132N8O22S2. The van der Waals surface area contributed by atoms with Gasteiger partial charge in [0, 0.05) is 119 Å². The molecule has 14 heterocycles. The largest absolute Gasteiger partial charge is 0.514 e. The van der Waals surface area contributed by atoms with E-state index >= 15 is 4.79 Å². The number of phenolic OH excluding ortho intramolecular Hbond substituents is 3. The lowest BCUT2D eigenvalue weighted by atomic mass is 9.71. The number of ether oxygens (including phenoxy) is 14. The Morgan fingerprint density at radius 1 is 0.529 bits per heavy atom. The highest BCUT2D eigenvalue weighted by Gasteiger charge is 2.66. The summed E-state index contributed by atoms with van der Waals surface area (Å²) >= 11 is 2.97. The fourth-order valence-electron chi connectivity index (χ4n) is 23.1. The van der Waals surface area contributed by atoms with E-state index in [1.807, 2.05) is 45.9 Å². The number of methoxy groups -OCH3 is 4. The minimum atomic E-state index is -1.47. The Labute approximate surface area is 806 Å². The number of nitrogens with one attached hydrogen (secondary N) is 2. The fraction of sp³-hybridized carbons (Fsp3) is 0.548. The topological polar surface area (TPSA) is 360 Å². The molecule has 0 aromatic heterocycles. The van der Waals surface area contributed by atoms with Crippen LogP contribution in [0.2, 0.25) is 0 Å². The van der Waals surface area contributed by atoms with Crippen molar-refractivity contribution >= 4 is 53.6 Å². The summed E-state index contributed by atoms with van der Waals surface area (Å²) in [6.07, 6.45) is 14.7. The van der Waals surface area contributed by atoms with Crippen molar-refractivity contribution in [1.29, 1.82) is 10.5 Å². The number of phenols is 3. The van der Waals surface area contributed by atoms with Crippen molar-refractivity contribution in [1.82, 2.24) is 30.2 Å². The highest BCUT2D eigenvalue weighted by molar-refractivity contribution is 7.99. The van der Waals surface area contributed by atoms with Gasteiger partial charge in [-0.1, -0.05) is 112 Å². The number of esters is 4. The van der Waals surface area contributed by atoms with Gasteiger partial charge in [0.1, 0.15) is 42.4 Å². The third kappa shape index (κ3) is 17.3. The van der Waals surface area contributed by atoms with Crippen molar-refractivity contribution < 1.29 is 106 Å². The lowest BCUT2D eigenvalue weighted by Gasteiger charge is -2.62. The number of carbonyl (C=O) groups excluding carboxylic acids is 5. The summed E-state index contributed by atoms with van der Waals surface area (Å²) in [7, 11) is 6.02. The zero-order valence-corrected chi connectivity index (χ0v) is 79.6. The zero-order chi connectivity index (χ0) is 94.1. The highest BCUT2D eigenvalue weighted by Crippen LogP contribution is 2.69. The molecule has 8 bridgehead atoms. The summed E-state index contributed by atoms with van der Waals surface area (Å²) in [5.41, 5.74) is 7.72. The van der Waals surface area contributed by atoms with Crippen molar-refractivity contribution in [2.24, 2.45) is 0 Å². The number of unbranched alkanes of at least 4 members (excludes halogenated alkanes) is 8. The Morgan fingerprint density at radius 2 is 0.949 bits per heavy atom. The van der Waals surface area contributed by atoms with Gasteiger partial charge in [0.05, 0.1) is 75.2 Å². The highest BCUT2D eigenvalue weighted by atomic mass is 32.2. The van der Waals surface area contributed by atoms with E-state index in [-0.39, 0.29) is 132 Å². The van der Waals surface area contributed by atoms with E-state index in [9.17, 15) is 45.0 Å². The standard InChI is InChI=1S/C53H64N4O12S.C48H56N4O10S.3CH4/c1-10-12-13-14-15-16-38(58)68-46-29(4)47-48(66-27-65-47)40-35-25-64-50(60)53(32-23-36(62-8)37(22-30(32)17-18-55-53)67-51(61)69-52(5,6)7)26-70-49(41(40)46)43-42-39-31(20-28(3)45(63-9)44(39)59)21-33(56(42)19-11-2)34(24-54)57(35)43;1-7-9-10-11-12-13-35(54)62-43-26(4)44-45(61-24-60-44)37-32-22-59-47(56)48(29-20-34(57-5)33(53)19-27(29)14-15-50-48)23-63-46(38(37)43)40-39-36-28(17-25(3)42(58-6)41(36)55)18-30(51(39)16-8-2)31(21-49)52(32)40;;;/h11,20,22-23,33-35,42-43,49,55,59H,2,10,12-19,21,25-27H2,1,3-9H3;8,17,19-20,30-32,39-40,46,50,53,55H,2,7,9-16,18,22-24H2,1,3-6H3;3*1H4/t33-,34-,35-,42+,43?,49+,53+;30-,31-,32-,39+,40?,46+,48+;;;/m00.../s1. The van der Waals surface area contributed by atoms with Crippen LogP contribution in [0.4, 0.5) is 4.79 Å². The van der Waals surface area contributed by atoms with Crippen molar-refractivity contribution in [3.05, 3.63) is 151 Å². The van der Waals surface area contributed by atoms with E-state index in [1.54, 1.807) is 52.1 Å². The van der Waals surface area contributed by atoms with E-state index in [1.165, 1.54) is 44.9 Å². The maximum absolute atomic E-state index is 15.3. The first kappa shape index (κ1) is 101. The number of carbonyl (C=O) groups is 5. The molecule has 4 saturated heterocycles. The first-order valence-corrected chi connectivity index (χ1v) is 48.5. The summed E-state index contributed by atoms with van der Waals surface area (Å²) in [5.74, 6) is 2.26. The number of aryl methyl sites for hydroxylation is 2. The minimum absolute atomic E-state index is 0. The maximum atomic E-state index is 15.3. The molecule has 2 unspecified atom stereocenters. The number of fused-ring (bicyclic) bond motifs is 18. The van der Waals surface area contributed by atoms with Gasteiger partial charge in [0.25, 0.3) is 0 Å². The Kier molecular flexibility index (Phi) is 30.5. The molecule has 4 fully saturated rings. The molecule has 2 spiro atoms. The molecule has 6 aromatic carbocycles. The van der Waals surface area contributed by atoms with E-state index < -0.39 is 93.6 Å². The fourth-order valence-corrected chi connectivity index (χ4v) is 26.5. The molecule has 14 atom stereocenters. The molecule has 32 heteroatoms. The van der Waals surface area contributed by atoms with E-state index in [0.717, 1.165) is 84.7 Å². The maximum Gasteiger partial charge on any atom is 0.514 e. The van der Waals surface area contributed by atoms with Gasteiger partial charge in [-0.3, -0.25) is 39.8 Å². The Hall–Kier alpha value is -10.8. The Balaban J connectivity index is 0.000000214. The summed E-state index contributed by atoms with van der Waals surface area (Å²) < 4.78 is 85.8. The Morgan fingerprint density at radius 3 is 1.35 bits per heavy atom. The molecule has 14 aliphatic rings. The van der Waals surface area contributed by atoms with E-state index in [4.69, 9.17) is 66.3 Å². The van der Waals surface area contributed by atoms with Crippen LogP contribution in [-0.2, 0) is 70.1 Å². The minimum Gasteiger partial charge on any atom is -0.504 e. The second-order valence-electron chi connectivity index (χ2n) is 37.5. The first-order valence-electron chi connectivity index (χ1n) is 46.4. The van der Waals surface area contributed by atoms with Crippen LogP contribution in [0.1, 0.15) is 258 Å². The van der Waals surface area contributed by atoms with Crippen LogP contribution in [0.25, 0.3) is 0 Å². The normalized spacial score (nSPS) is 25.4. The van der Waals surface area contributed by atoms with Crippen LogP contribution in [0.3, 0.4) is 0 Å². The number of thioether (sulfide) groups is 2. The van der Waals surface area contributed by atoms with Gasteiger partial charge >= 0.3 is 30.0 Å². The predicted octanol–water partition coefficient (Wildman–Crippen LogP) is 17.3. The molecule has 5 N–H and O–H groups in total. The van der Waals surface area contributed by atoms with Gasteiger partial charge in [-0.15, -0.1) is 36.7 Å². The van der Waals surface area contributed by atoms with Gasteiger partial charge in [-0.05, 0) is 156 Å². The molecule has 0 amide bonds. The molecule has 6 aromatic rings. The molecule has 20 rings (SSSR count). The number of benzene rings is 6. The van der Waals surface area contributed by atoms with Crippen LogP contribution < -0.4 is 62.7 Å². The summed E-state index contributed by atoms with van der Waals surface area (Å²) in [6.45, 7) is 26.4. The zero-order valence-electron chi connectivity index (χ0n) is 77.9. The second-order valence-corrected chi connectivity index (χ2v) is 39.7. The molecule has 136 heavy (non-hydrogen) atoms. The van der Waals surface area contributed by atoms with Crippen LogP contribution in [0.5, 0.6) is 80.5 Å². The molecule has 0 aliphatic carbocycles. The van der Waals surface area contributed by atoms with Gasteiger partial charge in [0.2, 0.25) is 13.6 Å². The van der Waals surface area contributed by atoms with Gasteiger partial charge in [-0.25, -0.2) is 14.4 Å². The molecule has 0 radical (unpaired) electrons. The lowest BCUT2D eigenvalue weighted by molar-refractivity contribution is -0.158. The molecule has 14 aliphatic heterocycles. The number of hydrogen-bond acceptors (Lipinski definition) is 32. The molecular weight excluding hydrogens is 1780 g/mol. The van der Waals surface area contributed by atoms with Crippen molar-refractivity contribution in [2.75, 3.05) is 92.9 Å². The molecule has 0 saturated carbocycles. The number of piperazine rings is 2. The van der Waals surface area contributed by atoms with Crippen molar-refractivity contribution in [3.63, 3.8) is 0 Å². The SMILES string of the molecule is C.C.C.C=CCN1[C@@H]2c3c(cc(C)c(OC)c3O)C[C@H]1[C@H](C#N)N1C2[C@@H]2SC[C@]3(NCCc4cc(O)c(OC)cc43)C(=O)OC[C@H]1c1c3c(c(C)c(OC(=O)CCCCCCC)c12)OCO3.C=CCN1[C@@H]2c3c(cc(C)c(OC)c3O)C[C@H]1[C@H](C#N)N1C2[C@@H]2SC[C@]3(NCCc4cc(OC(=O)OC(C)(C)C)c(OC)cc43)C(=O)OC[C@H]1c1c3c(c(C)c(OC(=O)CCCCCCC)c12)OCO3. The Bertz CT molecular complexity index is 5730. The van der Waals surface area contributed by atoms with Crippen LogP contribution in [0.15, 0.2) is 61.7 Å². The van der Waals surface area contributed by atoms with Gasteiger partial charge in [0.15, 0.2) is 80.1 Å². The lowest BCUT2D eigenvalue weighted by Crippen LogP contribution is -2.70. The summed E-state index contributed by atoms with van der Waals surface area (Å²) in [4.78, 5) is 80.3. The van der Waals surface area contributed by atoms with Gasteiger partial charge in [-0.2, -0.15) is 10.5 Å². The quantitative estimate of drug-likeness (QED) is 0.00993. The molecule has 30 nitrogen and oxygen atoms in total. The first-order chi connectivity index (χ1) is 64.1. The number of nitrogens with zero attached hydrogens (tertiary/aromatic N) is 6. The average molecular weight is 1910 g/mol. The predicted molar refractivity (Wildman–Crippen MR) is 515 cm³/mol. The van der Waals surface area contributed by atoms with E-state index in [0.29, 0.717) is 166 Å². The molecule has 732 valence electrons. The monoisotopic (exact) mass is 1910 g/mol. The summed E-state index contributed by atoms with van der Waals surface area (Å²) in [5, 5.41) is 64.4. The number of hydrogen-bond donors (Lipinski definition) is 5. The van der Waals surface area contributed by atoms with Crippen LogP contribution in [-0.4, -0.2) is 200 Å². The van der Waals surface area contributed by atoms with Crippen molar-refractivity contribution in [3.8, 4) is 92.6 Å². The smallest absolute Gasteiger partial charge is 0.504 e. The van der Waals surface area contributed by atoms with Crippen molar-refractivity contribution in [2.45, 2.75) is 275 Å². The second kappa shape index (κ2) is 41.1. The van der Waals surface area contributed by atoms with E-state index in [2.05, 4.69) is 75.4 Å². The third-order valence-electron chi connectivity index (χ3n) is 28.7. The number of nitriles is 2. The van der Waals surface area contributed by atoms with Crippen LogP contribution >= 0.6 is 23.5 Å². The average Bonchev–Trinajstić information content (AvgIpc) is 0.972. The summed E-state index contributed by atoms with van der Waals surface area (Å²) in [6, 6.07) is 10.2. The van der Waals surface area contributed by atoms with Crippen LogP contribution in [0, 0.1) is 50.4 Å². The number of rotatable bonds is 23. The third-order valence-corrected chi connectivity index (χ3v) is 31.6. The number of aromatic hydroxyl groups is 3.